The summed E-state index contributed by atoms with van der Waals surface area (Å²) < 4.78 is 5.29. The van der Waals surface area contributed by atoms with E-state index in [1.165, 1.54) is 5.01 Å². The van der Waals surface area contributed by atoms with E-state index in [1.54, 1.807) is 11.3 Å². The number of nitrogens with zero attached hydrogens (tertiary/aromatic N) is 4. The third kappa shape index (κ3) is 3.30. The van der Waals surface area contributed by atoms with Gasteiger partial charge in [-0.2, -0.15) is 0 Å². The molecule has 3 fully saturated rings. The highest BCUT2D eigenvalue weighted by molar-refractivity contribution is 7.09. The van der Waals surface area contributed by atoms with Crippen LogP contribution in [-0.4, -0.2) is 45.0 Å². The van der Waals surface area contributed by atoms with Crippen LogP contribution in [0.4, 0.5) is 0 Å². The molecule has 1 amide bonds. The van der Waals surface area contributed by atoms with E-state index in [-0.39, 0.29) is 17.9 Å². The molecular formula is C19H26N4O2S. The van der Waals surface area contributed by atoms with Gasteiger partial charge in [0.1, 0.15) is 5.76 Å². The van der Waals surface area contributed by atoms with Gasteiger partial charge in [0.05, 0.1) is 28.9 Å². The minimum atomic E-state index is 0.0958. The minimum Gasteiger partial charge on any atom is -0.361 e. The van der Waals surface area contributed by atoms with E-state index in [2.05, 4.69) is 27.3 Å². The van der Waals surface area contributed by atoms with Crippen molar-refractivity contribution in [3.05, 3.63) is 33.1 Å². The van der Waals surface area contributed by atoms with Crippen molar-refractivity contribution in [3.8, 4) is 0 Å². The second-order valence-corrected chi connectivity index (χ2v) is 8.42. The molecule has 2 atom stereocenters. The van der Waals surface area contributed by atoms with Gasteiger partial charge < -0.3 is 9.42 Å². The zero-order valence-electron chi connectivity index (χ0n) is 15.7. The Labute approximate surface area is 158 Å². The summed E-state index contributed by atoms with van der Waals surface area (Å²) in [5.74, 6) is 1.21. The van der Waals surface area contributed by atoms with Crippen LogP contribution >= 0.6 is 11.3 Å². The molecule has 0 radical (unpaired) electrons. The molecule has 0 unspecified atom stereocenters. The summed E-state index contributed by atoms with van der Waals surface area (Å²) in [7, 11) is 0. The fraction of sp³-hybridized carbons (Fsp3) is 0.632. The monoisotopic (exact) mass is 374 g/mol. The zero-order valence-corrected chi connectivity index (χ0v) is 16.5. The van der Waals surface area contributed by atoms with E-state index < -0.39 is 0 Å². The van der Waals surface area contributed by atoms with Crippen LogP contribution in [0.2, 0.25) is 0 Å². The topological polar surface area (TPSA) is 62.5 Å². The SMILES string of the molecule is CCc1nc(CN2C[C@H]3CC[C@@H](C2)N(Cc2c(C)noc2C)C3=O)cs1. The van der Waals surface area contributed by atoms with Crippen molar-refractivity contribution in [1.82, 2.24) is 19.9 Å². The normalized spacial score (nSPS) is 23.7. The highest BCUT2D eigenvalue weighted by Gasteiger charge is 2.41. The summed E-state index contributed by atoms with van der Waals surface area (Å²) >= 11 is 1.74. The molecule has 5 heterocycles. The van der Waals surface area contributed by atoms with Crippen LogP contribution in [-0.2, 0) is 24.3 Å². The number of hydrogen-bond donors (Lipinski definition) is 0. The highest BCUT2D eigenvalue weighted by atomic mass is 32.1. The van der Waals surface area contributed by atoms with Crippen LogP contribution in [0.5, 0.6) is 0 Å². The molecule has 3 aliphatic heterocycles. The van der Waals surface area contributed by atoms with Crippen molar-refractivity contribution in [3.63, 3.8) is 0 Å². The molecule has 0 saturated carbocycles. The largest absolute Gasteiger partial charge is 0.361 e. The van der Waals surface area contributed by atoms with Gasteiger partial charge >= 0.3 is 0 Å². The number of thiazole rings is 1. The Bertz CT molecular complexity index is 780. The number of amides is 1. The molecule has 2 aromatic heterocycles. The molecule has 0 N–H and O–H groups in total. The van der Waals surface area contributed by atoms with Crippen LogP contribution in [0.3, 0.4) is 0 Å². The van der Waals surface area contributed by atoms with Gasteiger partial charge in [-0.1, -0.05) is 12.1 Å². The van der Waals surface area contributed by atoms with Gasteiger partial charge in [-0.25, -0.2) is 4.98 Å². The molecule has 2 aromatic rings. The summed E-state index contributed by atoms with van der Waals surface area (Å²) in [6, 6.07) is 0.263. The lowest BCUT2D eigenvalue weighted by molar-refractivity contribution is -0.140. The summed E-state index contributed by atoms with van der Waals surface area (Å²) in [6.07, 6.45) is 3.06. The lowest BCUT2D eigenvalue weighted by Crippen LogP contribution is -2.47. The van der Waals surface area contributed by atoms with Gasteiger partial charge in [0.2, 0.25) is 5.91 Å². The lowest BCUT2D eigenvalue weighted by Gasteiger charge is -2.36. The van der Waals surface area contributed by atoms with E-state index in [4.69, 9.17) is 9.51 Å². The smallest absolute Gasteiger partial charge is 0.227 e. The summed E-state index contributed by atoms with van der Waals surface area (Å²) in [5.41, 5.74) is 3.09. The van der Waals surface area contributed by atoms with E-state index in [1.807, 2.05) is 13.8 Å². The van der Waals surface area contributed by atoms with Gasteiger partial charge in [-0.3, -0.25) is 9.69 Å². The standard InChI is InChI=1S/C19H26N4O2S/c1-4-18-20-15(11-26-18)8-22-7-14-5-6-16(9-22)23(19(14)24)10-17-12(2)21-25-13(17)3/h11,14,16H,4-10H2,1-3H3/t14-,16+/m1/s1. The first kappa shape index (κ1) is 17.7. The van der Waals surface area contributed by atoms with Crippen LogP contribution in [0.1, 0.15) is 47.5 Å². The predicted molar refractivity (Wildman–Crippen MR) is 99.8 cm³/mol. The van der Waals surface area contributed by atoms with Gasteiger partial charge in [-0.15, -0.1) is 11.3 Å². The van der Waals surface area contributed by atoms with Crippen LogP contribution in [0.15, 0.2) is 9.90 Å². The molecule has 3 saturated heterocycles. The third-order valence-electron chi connectivity index (χ3n) is 5.67. The number of aryl methyl sites for hydroxylation is 3. The molecule has 140 valence electrons. The van der Waals surface area contributed by atoms with E-state index >= 15 is 0 Å². The molecule has 7 heteroatoms. The van der Waals surface area contributed by atoms with Crippen molar-refractivity contribution in [1.29, 1.82) is 0 Å². The number of piperidine rings is 1. The molecule has 2 bridgehead atoms. The lowest BCUT2D eigenvalue weighted by atomic mass is 9.93. The first-order chi connectivity index (χ1) is 12.5. The van der Waals surface area contributed by atoms with Crippen molar-refractivity contribution in [2.45, 2.75) is 59.2 Å². The molecular weight excluding hydrogens is 348 g/mol. The molecule has 0 aliphatic carbocycles. The Morgan fingerprint density at radius 1 is 1.27 bits per heavy atom. The number of carbonyl (C=O) groups is 1. The fourth-order valence-corrected chi connectivity index (χ4v) is 4.91. The first-order valence-corrected chi connectivity index (χ1v) is 10.3. The fourth-order valence-electron chi connectivity index (χ4n) is 4.18. The number of fused-ring (bicyclic) bond motifs is 4. The number of carbonyl (C=O) groups excluding carboxylic acids is 1. The third-order valence-corrected chi connectivity index (χ3v) is 6.71. The quantitative estimate of drug-likeness (QED) is 0.805. The van der Waals surface area contributed by atoms with Gasteiger partial charge in [0, 0.05) is 36.6 Å². The molecule has 26 heavy (non-hydrogen) atoms. The maximum atomic E-state index is 13.0. The second-order valence-electron chi connectivity index (χ2n) is 7.48. The molecule has 6 nitrogen and oxygen atoms in total. The summed E-state index contributed by atoms with van der Waals surface area (Å²) in [5, 5.41) is 7.39. The Kier molecular flexibility index (Phi) is 4.84. The van der Waals surface area contributed by atoms with Crippen LogP contribution < -0.4 is 0 Å². The molecule has 0 spiro atoms. The number of aromatic nitrogens is 2. The van der Waals surface area contributed by atoms with Crippen LogP contribution in [0, 0.1) is 19.8 Å². The molecule has 0 aromatic carbocycles. The van der Waals surface area contributed by atoms with Crippen molar-refractivity contribution < 1.29 is 9.32 Å². The van der Waals surface area contributed by atoms with E-state index in [9.17, 15) is 4.79 Å². The van der Waals surface area contributed by atoms with E-state index in [0.29, 0.717) is 6.54 Å². The maximum absolute atomic E-state index is 13.0. The zero-order chi connectivity index (χ0) is 18.3. The summed E-state index contributed by atoms with van der Waals surface area (Å²) in [6.45, 7) is 9.24. The Balaban J connectivity index is 1.50. The Morgan fingerprint density at radius 2 is 2.12 bits per heavy atom. The molecule has 5 rings (SSSR count). The van der Waals surface area contributed by atoms with Gasteiger partial charge in [0.25, 0.3) is 0 Å². The average Bonchev–Trinajstić information content (AvgIpc) is 3.10. The summed E-state index contributed by atoms with van der Waals surface area (Å²) in [4.78, 5) is 22.2. The van der Waals surface area contributed by atoms with E-state index in [0.717, 1.165) is 61.6 Å². The first-order valence-electron chi connectivity index (χ1n) is 9.43. The predicted octanol–water partition coefficient (Wildman–Crippen LogP) is 2.93. The highest BCUT2D eigenvalue weighted by Crippen LogP contribution is 2.32. The minimum absolute atomic E-state index is 0.0958. The van der Waals surface area contributed by atoms with Crippen molar-refractivity contribution in [2.24, 2.45) is 5.92 Å². The van der Waals surface area contributed by atoms with Gasteiger partial charge in [0.15, 0.2) is 0 Å². The average molecular weight is 375 g/mol. The Hall–Kier alpha value is -1.73. The molecule has 3 aliphatic rings. The Morgan fingerprint density at radius 3 is 2.81 bits per heavy atom. The van der Waals surface area contributed by atoms with Crippen LogP contribution in [0.25, 0.3) is 0 Å². The second kappa shape index (κ2) is 7.12. The van der Waals surface area contributed by atoms with Gasteiger partial charge in [-0.05, 0) is 33.1 Å². The maximum Gasteiger partial charge on any atom is 0.227 e. The van der Waals surface area contributed by atoms with Crippen molar-refractivity contribution >= 4 is 17.2 Å². The number of hydrogen-bond acceptors (Lipinski definition) is 6. The number of rotatable bonds is 5. The van der Waals surface area contributed by atoms with Crippen molar-refractivity contribution in [2.75, 3.05) is 13.1 Å².